The van der Waals surface area contributed by atoms with Crippen LogP contribution in [0.1, 0.15) is 84.1 Å². The van der Waals surface area contributed by atoms with Gasteiger partial charge >= 0.3 is 41.0 Å². The largest absolute Gasteiger partial charge is 1.00 e. The Labute approximate surface area is 223 Å². The number of halogens is 2. The van der Waals surface area contributed by atoms with Crippen LogP contribution >= 0.6 is 0 Å². The summed E-state index contributed by atoms with van der Waals surface area (Å²) in [6.07, 6.45) is 11.0. The first kappa shape index (κ1) is 31.2. The van der Waals surface area contributed by atoms with Gasteiger partial charge in [-0.15, -0.1) is 12.0 Å². The molecule has 172 valence electrons. The van der Waals surface area contributed by atoms with Gasteiger partial charge in [0.2, 0.25) is 0 Å². The maximum absolute atomic E-state index is 3.55. The zero-order valence-electron chi connectivity index (χ0n) is 20.8. The third-order valence-electron chi connectivity index (χ3n) is 5.11. The second-order valence-corrected chi connectivity index (χ2v) is 13.9. The molecule has 2 aliphatic rings. The summed E-state index contributed by atoms with van der Waals surface area (Å²) < 4.78 is 1.56. The van der Waals surface area contributed by atoms with E-state index in [0.29, 0.717) is 0 Å². The summed E-state index contributed by atoms with van der Waals surface area (Å²) in [4.78, 5) is 0. The second kappa shape index (κ2) is 13.2. The van der Waals surface area contributed by atoms with Gasteiger partial charge < -0.3 is 24.8 Å². The van der Waals surface area contributed by atoms with E-state index in [1.165, 1.54) is 57.3 Å². The molecule has 32 heavy (non-hydrogen) atoms. The monoisotopic (exact) mass is 634 g/mol. The quantitative estimate of drug-likeness (QED) is 0.262. The van der Waals surface area contributed by atoms with Crippen LogP contribution in [-0.2, 0) is 41.1 Å². The van der Waals surface area contributed by atoms with Gasteiger partial charge in [0.05, 0.1) is 0 Å². The minimum atomic E-state index is 0. The summed E-state index contributed by atoms with van der Waals surface area (Å²) in [5.74, 6) is 0. The molecule has 0 aromatic heterocycles. The topological polar surface area (TPSA) is 0 Å². The van der Waals surface area contributed by atoms with E-state index >= 15 is 0 Å². The maximum Gasteiger partial charge on any atom is -0.109 e. The Bertz CT molecular complexity index is 940. The fourth-order valence-corrected chi connectivity index (χ4v) is 3.60. The molecule has 0 aliphatic heterocycles. The van der Waals surface area contributed by atoms with Crippen molar-refractivity contribution in [3.05, 3.63) is 83.0 Å². The van der Waals surface area contributed by atoms with E-state index in [4.69, 9.17) is 0 Å². The third kappa shape index (κ3) is 8.88. The minimum absolute atomic E-state index is 0. The van der Waals surface area contributed by atoms with Crippen LogP contribution in [0.3, 0.4) is 0 Å². The number of benzene rings is 2. The van der Waals surface area contributed by atoms with Crippen molar-refractivity contribution < 1.29 is 48.7 Å². The molecule has 0 fully saturated rings. The van der Waals surface area contributed by atoms with Crippen molar-refractivity contribution in [2.45, 2.75) is 79.1 Å². The Morgan fingerprint density at radius 1 is 0.938 bits per heavy atom. The van der Waals surface area contributed by atoms with Crippen LogP contribution in [0.25, 0.3) is 11.1 Å². The molecular weight excluding hydrogens is 598 g/mol. The molecule has 0 radical (unpaired) electrons. The van der Waals surface area contributed by atoms with Crippen LogP contribution in [0.5, 0.6) is 0 Å². The summed E-state index contributed by atoms with van der Waals surface area (Å²) in [7, 11) is 0. The molecule has 2 aromatic rings. The molecule has 3 heteroatoms. The van der Waals surface area contributed by atoms with Gasteiger partial charge in [-0.1, -0.05) is 70.7 Å². The number of fused-ring (bicyclic) bond motifs is 3. The Hall–Kier alpha value is -0.760. The summed E-state index contributed by atoms with van der Waals surface area (Å²) in [6, 6.07) is 14.9. The summed E-state index contributed by atoms with van der Waals surface area (Å²) in [6.45, 7) is 18.0. The predicted octanol–water partition coefficient (Wildman–Crippen LogP) is 1.71. The van der Waals surface area contributed by atoms with Crippen molar-refractivity contribution in [1.82, 2.24) is 0 Å². The summed E-state index contributed by atoms with van der Waals surface area (Å²) in [5, 5.41) is 0. The molecule has 0 atom stereocenters. The van der Waals surface area contributed by atoms with Crippen molar-refractivity contribution in [1.29, 1.82) is 0 Å². The van der Waals surface area contributed by atoms with Crippen LogP contribution in [0.4, 0.5) is 0 Å². The van der Waals surface area contributed by atoms with Gasteiger partial charge in [-0.3, -0.25) is 6.08 Å². The molecule has 4 rings (SSSR count). The van der Waals surface area contributed by atoms with E-state index in [1.54, 1.807) is 3.26 Å². The number of allylic oxidation sites excluding steroid dienone is 4. The number of hydrogen-bond acceptors (Lipinski definition) is 0. The summed E-state index contributed by atoms with van der Waals surface area (Å²) >= 11 is 1.27. The fourth-order valence-electron chi connectivity index (χ4n) is 3.60. The Morgan fingerprint density at radius 3 is 2.00 bits per heavy atom. The van der Waals surface area contributed by atoms with E-state index < -0.39 is 0 Å². The first-order valence-electron chi connectivity index (χ1n) is 10.8. The van der Waals surface area contributed by atoms with Gasteiger partial charge in [0.15, 0.2) is 0 Å². The normalized spacial score (nSPS) is 12.8. The maximum atomic E-state index is 3.55. The van der Waals surface area contributed by atoms with E-state index in [0.717, 1.165) is 12.8 Å². The zero-order chi connectivity index (χ0) is 22.5. The van der Waals surface area contributed by atoms with Gasteiger partial charge in [0.25, 0.3) is 0 Å². The van der Waals surface area contributed by atoms with Gasteiger partial charge in [-0.05, 0) is 23.0 Å². The fraction of sp³-hybridized carbons (Fsp3) is 0.414. The van der Waals surface area contributed by atoms with Crippen LogP contribution in [0.15, 0.2) is 48.6 Å². The van der Waals surface area contributed by atoms with Crippen molar-refractivity contribution in [3.63, 3.8) is 0 Å². The Morgan fingerprint density at radius 2 is 1.56 bits per heavy atom. The molecule has 2 aliphatic carbocycles. The molecule has 0 spiro atoms. The molecule has 0 amide bonds. The molecule has 0 saturated carbocycles. The molecular formula is C29H36Cl2Hf-2. The summed E-state index contributed by atoms with van der Waals surface area (Å²) in [5.41, 5.74) is 8.88. The van der Waals surface area contributed by atoms with Crippen LogP contribution in [0, 0.1) is 12.1 Å². The Kier molecular flexibility index (Phi) is 12.9. The average Bonchev–Trinajstić information content (AvgIpc) is 3.30. The average molecular weight is 634 g/mol. The smallest absolute Gasteiger partial charge is 0.109 e. The van der Waals surface area contributed by atoms with E-state index in [2.05, 4.69) is 104 Å². The van der Waals surface area contributed by atoms with Gasteiger partial charge in [0.1, 0.15) is 0 Å². The first-order valence-corrected chi connectivity index (χ1v) is 12.6. The molecule has 0 N–H and O–H groups in total. The molecule has 2 aromatic carbocycles. The zero-order valence-corrected chi connectivity index (χ0v) is 25.9. The van der Waals surface area contributed by atoms with Gasteiger partial charge in [-0.25, -0.2) is 12.2 Å². The van der Waals surface area contributed by atoms with Crippen LogP contribution < -0.4 is 24.8 Å². The van der Waals surface area contributed by atoms with E-state index in [-0.39, 0.29) is 35.6 Å². The number of rotatable bonds is 0. The van der Waals surface area contributed by atoms with Crippen molar-refractivity contribution in [3.8, 4) is 11.1 Å². The molecule has 0 nitrogen and oxygen atoms in total. The standard InChI is InChI=1S/C21H25.C5H5.C3H6.2ClH.Hf/c1-20(2,3)15-11-10-14-12-18-16(17(14)13-15)8-7-9-19(18)21(4,5)6;1-2-4-5-3-1;1-3-2;;;/h7-9,11,13H,12H2,1-6H3;1-3H,4H2;1-2H3;2*1H;/q2*-1;;;;+2/p-2. The van der Waals surface area contributed by atoms with Gasteiger partial charge in [-0.2, -0.15) is 35.4 Å². The van der Waals surface area contributed by atoms with Crippen molar-refractivity contribution >= 4 is 3.26 Å². The number of hydrogen-bond donors (Lipinski definition) is 0. The van der Waals surface area contributed by atoms with Crippen molar-refractivity contribution in [2.24, 2.45) is 0 Å². The molecule has 0 bridgehead atoms. The minimum Gasteiger partial charge on any atom is -1.00 e. The third-order valence-corrected chi connectivity index (χ3v) is 5.11. The van der Waals surface area contributed by atoms with Crippen LogP contribution in [-0.4, -0.2) is 3.26 Å². The molecule has 0 saturated heterocycles. The van der Waals surface area contributed by atoms with E-state index in [9.17, 15) is 0 Å². The Balaban J connectivity index is 0.000000739. The predicted molar refractivity (Wildman–Crippen MR) is 129 cm³/mol. The SMILES string of the molecule is CC(C)(C)c1c[c-]c2c(c1)-c1cccc(C(C)(C)C)c1C2.C[C](C)=[Hf+2].[C-]1=CC=CC1.[Cl-].[Cl-]. The first-order chi connectivity index (χ1) is 13.9. The second-order valence-electron chi connectivity index (χ2n) is 10.3. The van der Waals surface area contributed by atoms with Crippen molar-refractivity contribution in [2.75, 3.05) is 0 Å². The van der Waals surface area contributed by atoms with Gasteiger partial charge in [0, 0.05) is 0 Å². The van der Waals surface area contributed by atoms with Crippen LogP contribution in [0.2, 0.25) is 0 Å². The molecule has 0 heterocycles. The molecule has 0 unspecified atom stereocenters. The van der Waals surface area contributed by atoms with E-state index in [1.807, 2.05) is 12.2 Å².